The van der Waals surface area contributed by atoms with Gasteiger partial charge in [0.1, 0.15) is 18.0 Å². The molecular formula is C17H14F2N2O4. The number of amides is 2. The molecule has 1 N–H and O–H groups in total. The van der Waals surface area contributed by atoms with E-state index in [4.69, 9.17) is 4.74 Å². The van der Waals surface area contributed by atoms with E-state index in [-0.39, 0.29) is 30.5 Å². The number of fused-ring (bicyclic) bond motifs is 1. The van der Waals surface area contributed by atoms with E-state index in [1.807, 2.05) is 0 Å². The van der Waals surface area contributed by atoms with E-state index in [2.05, 4.69) is 10.1 Å². The number of ether oxygens (including phenoxy) is 2. The number of para-hydroxylation sites is 4. The Morgan fingerprint density at radius 3 is 2.72 bits per heavy atom. The van der Waals surface area contributed by atoms with Crippen molar-refractivity contribution in [2.45, 2.75) is 6.61 Å². The summed E-state index contributed by atoms with van der Waals surface area (Å²) in [5.41, 5.74) is 0.577. The van der Waals surface area contributed by atoms with E-state index in [0.29, 0.717) is 11.4 Å². The zero-order valence-corrected chi connectivity index (χ0v) is 12.9. The molecule has 25 heavy (non-hydrogen) atoms. The predicted molar refractivity (Wildman–Crippen MR) is 86.0 cm³/mol. The molecule has 0 spiro atoms. The first-order valence-corrected chi connectivity index (χ1v) is 7.40. The summed E-state index contributed by atoms with van der Waals surface area (Å²) in [5.74, 6) is -0.572. The van der Waals surface area contributed by atoms with Crippen molar-refractivity contribution < 1.29 is 27.8 Å². The van der Waals surface area contributed by atoms with Gasteiger partial charge in [-0.3, -0.25) is 14.5 Å². The molecule has 0 saturated heterocycles. The van der Waals surface area contributed by atoms with Gasteiger partial charge in [-0.25, -0.2) is 0 Å². The van der Waals surface area contributed by atoms with Gasteiger partial charge < -0.3 is 14.8 Å². The molecule has 6 nitrogen and oxygen atoms in total. The van der Waals surface area contributed by atoms with Crippen LogP contribution in [0.4, 0.5) is 20.2 Å². The summed E-state index contributed by atoms with van der Waals surface area (Å²) in [5, 5.41) is 2.48. The van der Waals surface area contributed by atoms with Gasteiger partial charge in [0.2, 0.25) is 5.91 Å². The average molecular weight is 348 g/mol. The topological polar surface area (TPSA) is 67.9 Å². The third-order valence-electron chi connectivity index (χ3n) is 3.49. The first-order chi connectivity index (χ1) is 12.0. The van der Waals surface area contributed by atoms with E-state index >= 15 is 0 Å². The number of rotatable bonds is 5. The van der Waals surface area contributed by atoms with Crippen LogP contribution in [0, 0.1) is 0 Å². The molecule has 2 amide bonds. The molecule has 0 aliphatic carbocycles. The lowest BCUT2D eigenvalue weighted by Gasteiger charge is -2.28. The lowest BCUT2D eigenvalue weighted by atomic mass is 10.2. The summed E-state index contributed by atoms with van der Waals surface area (Å²) in [6.07, 6.45) is 0. The molecule has 1 aliphatic heterocycles. The van der Waals surface area contributed by atoms with Crippen LogP contribution in [-0.4, -0.2) is 31.6 Å². The fourth-order valence-electron chi connectivity index (χ4n) is 2.43. The second-order valence-electron chi connectivity index (χ2n) is 5.16. The lowest BCUT2D eigenvalue weighted by molar-refractivity contribution is -0.123. The molecule has 2 aromatic carbocycles. The summed E-state index contributed by atoms with van der Waals surface area (Å²) in [7, 11) is 0. The Bertz CT molecular complexity index is 798. The highest BCUT2D eigenvalue weighted by Crippen LogP contribution is 2.31. The number of nitrogens with zero attached hydrogens (tertiary/aromatic N) is 1. The number of nitrogens with one attached hydrogen (secondary N) is 1. The standard InChI is InChI=1S/C17H14F2N2O4/c18-17(19)25-13-7-3-1-5-11(13)20-15(22)9-21-12-6-2-4-8-14(12)24-10-16(21)23/h1-8,17H,9-10H2,(H,20,22). The van der Waals surface area contributed by atoms with Gasteiger partial charge in [-0.1, -0.05) is 24.3 Å². The Hall–Kier alpha value is -3.16. The quantitative estimate of drug-likeness (QED) is 0.902. The number of halogens is 2. The minimum absolute atomic E-state index is 0.0989. The van der Waals surface area contributed by atoms with Crippen LogP contribution in [0.1, 0.15) is 0 Å². The van der Waals surface area contributed by atoms with Crippen LogP contribution in [0.5, 0.6) is 11.5 Å². The smallest absolute Gasteiger partial charge is 0.387 e. The molecule has 0 aromatic heterocycles. The summed E-state index contributed by atoms with van der Waals surface area (Å²) in [4.78, 5) is 25.6. The second kappa shape index (κ2) is 7.16. The monoisotopic (exact) mass is 348 g/mol. The van der Waals surface area contributed by atoms with Crippen molar-refractivity contribution in [2.75, 3.05) is 23.4 Å². The maximum atomic E-state index is 12.4. The first kappa shape index (κ1) is 16.7. The summed E-state index contributed by atoms with van der Waals surface area (Å²) in [6, 6.07) is 12.7. The number of alkyl halides is 2. The van der Waals surface area contributed by atoms with Crippen molar-refractivity contribution in [1.29, 1.82) is 0 Å². The molecule has 0 unspecified atom stereocenters. The fraction of sp³-hybridized carbons (Fsp3) is 0.176. The van der Waals surface area contributed by atoms with Gasteiger partial charge in [0.05, 0.1) is 11.4 Å². The van der Waals surface area contributed by atoms with Crippen LogP contribution in [0.3, 0.4) is 0 Å². The summed E-state index contributed by atoms with van der Waals surface area (Å²) in [6.45, 7) is -3.46. The zero-order valence-electron chi connectivity index (χ0n) is 12.9. The maximum Gasteiger partial charge on any atom is 0.387 e. The third-order valence-corrected chi connectivity index (χ3v) is 3.49. The Kier molecular flexibility index (Phi) is 4.78. The molecule has 2 aromatic rings. The van der Waals surface area contributed by atoms with Crippen LogP contribution in [0.25, 0.3) is 0 Å². The van der Waals surface area contributed by atoms with Gasteiger partial charge in [-0.05, 0) is 24.3 Å². The molecule has 8 heteroatoms. The van der Waals surface area contributed by atoms with E-state index in [0.717, 1.165) is 0 Å². The van der Waals surface area contributed by atoms with E-state index in [1.54, 1.807) is 30.3 Å². The first-order valence-electron chi connectivity index (χ1n) is 7.40. The van der Waals surface area contributed by atoms with Gasteiger partial charge in [0.15, 0.2) is 6.61 Å². The molecule has 0 fully saturated rings. The zero-order chi connectivity index (χ0) is 17.8. The Labute approximate surface area is 141 Å². The Morgan fingerprint density at radius 1 is 1.20 bits per heavy atom. The Morgan fingerprint density at radius 2 is 1.92 bits per heavy atom. The van der Waals surface area contributed by atoms with E-state index < -0.39 is 12.5 Å². The largest absolute Gasteiger partial charge is 0.482 e. The van der Waals surface area contributed by atoms with Gasteiger partial charge in [0.25, 0.3) is 5.91 Å². The van der Waals surface area contributed by atoms with Crippen LogP contribution in [0.2, 0.25) is 0 Å². The van der Waals surface area contributed by atoms with Crippen molar-refractivity contribution in [2.24, 2.45) is 0 Å². The molecule has 0 bridgehead atoms. The van der Waals surface area contributed by atoms with Gasteiger partial charge >= 0.3 is 6.61 Å². The molecule has 1 aliphatic rings. The van der Waals surface area contributed by atoms with Crippen LogP contribution >= 0.6 is 0 Å². The molecule has 0 atom stereocenters. The minimum Gasteiger partial charge on any atom is -0.482 e. The van der Waals surface area contributed by atoms with Crippen LogP contribution in [0.15, 0.2) is 48.5 Å². The van der Waals surface area contributed by atoms with E-state index in [9.17, 15) is 18.4 Å². The molecule has 0 saturated carbocycles. The normalized spacial score (nSPS) is 13.2. The molecule has 1 heterocycles. The fourth-order valence-corrected chi connectivity index (χ4v) is 2.43. The lowest BCUT2D eigenvalue weighted by Crippen LogP contribution is -2.43. The maximum absolute atomic E-state index is 12.4. The van der Waals surface area contributed by atoms with Gasteiger partial charge in [-0.2, -0.15) is 8.78 Å². The predicted octanol–water partition coefficient (Wildman–Crippen LogP) is 2.65. The molecule has 130 valence electrons. The van der Waals surface area contributed by atoms with Crippen molar-refractivity contribution in [1.82, 2.24) is 0 Å². The van der Waals surface area contributed by atoms with Crippen molar-refractivity contribution in [3.8, 4) is 11.5 Å². The van der Waals surface area contributed by atoms with Crippen molar-refractivity contribution in [3.05, 3.63) is 48.5 Å². The number of hydrogen-bond donors (Lipinski definition) is 1. The van der Waals surface area contributed by atoms with Gasteiger partial charge in [0, 0.05) is 0 Å². The highest BCUT2D eigenvalue weighted by molar-refractivity contribution is 6.05. The Balaban J connectivity index is 1.75. The second-order valence-corrected chi connectivity index (χ2v) is 5.16. The third kappa shape index (κ3) is 3.85. The SMILES string of the molecule is O=C(CN1C(=O)COc2ccccc21)Nc1ccccc1OC(F)F. The molecular weight excluding hydrogens is 334 g/mol. The minimum atomic E-state index is -3.01. The average Bonchev–Trinajstić information content (AvgIpc) is 2.59. The molecule has 3 rings (SSSR count). The summed E-state index contributed by atoms with van der Waals surface area (Å²) < 4.78 is 34.5. The number of carbonyl (C=O) groups excluding carboxylic acids is 2. The number of hydrogen-bond acceptors (Lipinski definition) is 4. The van der Waals surface area contributed by atoms with Crippen LogP contribution in [-0.2, 0) is 9.59 Å². The highest BCUT2D eigenvalue weighted by atomic mass is 19.3. The highest BCUT2D eigenvalue weighted by Gasteiger charge is 2.27. The van der Waals surface area contributed by atoms with Crippen molar-refractivity contribution >= 4 is 23.2 Å². The van der Waals surface area contributed by atoms with Crippen LogP contribution < -0.4 is 19.7 Å². The molecule has 0 radical (unpaired) electrons. The van der Waals surface area contributed by atoms with Gasteiger partial charge in [-0.15, -0.1) is 0 Å². The summed E-state index contributed by atoms with van der Waals surface area (Å²) >= 11 is 0. The number of benzene rings is 2. The number of anilines is 2. The van der Waals surface area contributed by atoms with Crippen molar-refractivity contribution in [3.63, 3.8) is 0 Å². The number of carbonyl (C=O) groups is 2. The van der Waals surface area contributed by atoms with E-state index in [1.165, 1.54) is 23.1 Å².